The molecule has 112 valence electrons. The minimum atomic E-state index is -0.859. The fourth-order valence-corrected chi connectivity index (χ4v) is 2.38. The van der Waals surface area contributed by atoms with Crippen LogP contribution in [-0.2, 0) is 9.59 Å². The van der Waals surface area contributed by atoms with E-state index in [1.165, 1.54) is 0 Å². The Morgan fingerprint density at radius 3 is 2.48 bits per heavy atom. The lowest BCUT2D eigenvalue weighted by Crippen LogP contribution is -2.50. The normalized spacial score (nSPS) is 25.0. The first-order chi connectivity index (χ1) is 10.0. The van der Waals surface area contributed by atoms with Crippen molar-refractivity contribution in [3.63, 3.8) is 0 Å². The average molecular weight is 291 g/mol. The van der Waals surface area contributed by atoms with Gasteiger partial charge in [-0.1, -0.05) is 12.1 Å². The van der Waals surface area contributed by atoms with Crippen LogP contribution in [0.25, 0.3) is 0 Å². The van der Waals surface area contributed by atoms with Crippen LogP contribution in [0.4, 0.5) is 0 Å². The van der Waals surface area contributed by atoms with Crippen molar-refractivity contribution in [3.8, 4) is 11.5 Å². The van der Waals surface area contributed by atoms with Gasteiger partial charge in [0.05, 0.1) is 5.41 Å². The van der Waals surface area contributed by atoms with Crippen molar-refractivity contribution < 1.29 is 24.2 Å². The van der Waals surface area contributed by atoms with Crippen molar-refractivity contribution in [3.05, 3.63) is 24.3 Å². The maximum Gasteiger partial charge on any atom is 0.311 e. The van der Waals surface area contributed by atoms with Gasteiger partial charge in [-0.25, -0.2) is 0 Å². The Hall–Kier alpha value is -2.24. The molecule has 6 heteroatoms. The van der Waals surface area contributed by atoms with E-state index < -0.39 is 23.6 Å². The van der Waals surface area contributed by atoms with Crippen molar-refractivity contribution in [1.82, 2.24) is 5.32 Å². The predicted molar refractivity (Wildman–Crippen MR) is 73.3 cm³/mol. The maximum atomic E-state index is 12.2. The Bertz CT molecular complexity index is 581. The lowest BCUT2D eigenvalue weighted by atomic mass is 10.1. The van der Waals surface area contributed by atoms with E-state index in [0.29, 0.717) is 24.3 Å². The molecule has 1 aliphatic carbocycles. The molecule has 2 N–H and O–H groups in total. The predicted octanol–water partition coefficient (Wildman–Crippen LogP) is 1.20. The second-order valence-electron chi connectivity index (χ2n) is 5.61. The van der Waals surface area contributed by atoms with Gasteiger partial charge in [-0.15, -0.1) is 0 Å². The smallest absolute Gasteiger partial charge is 0.311 e. The number of carboxylic acids is 1. The van der Waals surface area contributed by atoms with Gasteiger partial charge in [0.1, 0.15) is 6.10 Å². The van der Waals surface area contributed by atoms with Crippen LogP contribution in [0.15, 0.2) is 24.3 Å². The molecule has 1 aliphatic heterocycles. The van der Waals surface area contributed by atoms with E-state index in [-0.39, 0.29) is 12.5 Å². The first-order valence-electron chi connectivity index (χ1n) is 6.95. The van der Waals surface area contributed by atoms with E-state index in [9.17, 15) is 9.59 Å². The molecule has 1 fully saturated rings. The van der Waals surface area contributed by atoms with Gasteiger partial charge in [0.15, 0.2) is 11.5 Å². The zero-order valence-corrected chi connectivity index (χ0v) is 11.7. The van der Waals surface area contributed by atoms with Gasteiger partial charge in [-0.05, 0) is 31.9 Å². The molecule has 21 heavy (non-hydrogen) atoms. The number of nitrogens with one attached hydrogen (secondary N) is 1. The Labute approximate surface area is 122 Å². The molecule has 1 aromatic carbocycles. The molecule has 3 rings (SSSR count). The molecule has 2 aliphatic rings. The van der Waals surface area contributed by atoms with E-state index in [2.05, 4.69) is 5.32 Å². The third kappa shape index (κ3) is 2.53. The molecule has 0 saturated heterocycles. The molecule has 0 radical (unpaired) electrons. The number of amides is 1. The van der Waals surface area contributed by atoms with Gasteiger partial charge in [-0.2, -0.15) is 0 Å². The quantitative estimate of drug-likeness (QED) is 0.870. The number of carbonyl (C=O) groups excluding carboxylic acids is 1. The van der Waals surface area contributed by atoms with Crippen LogP contribution in [0.1, 0.15) is 19.8 Å². The Morgan fingerprint density at radius 2 is 1.90 bits per heavy atom. The van der Waals surface area contributed by atoms with Gasteiger partial charge >= 0.3 is 5.97 Å². The zero-order chi connectivity index (χ0) is 15.0. The second-order valence-corrected chi connectivity index (χ2v) is 5.61. The number of carbonyl (C=O) groups is 2. The topological polar surface area (TPSA) is 84.9 Å². The molecule has 0 spiro atoms. The second kappa shape index (κ2) is 4.95. The third-order valence-electron chi connectivity index (χ3n) is 4.01. The molecule has 1 amide bonds. The standard InChI is InChI=1S/C15H17NO5/c1-9-12(21-11-5-3-2-4-10(11)20-9)13(17)16-8-15(6-7-15)14(18)19/h2-5,9,12H,6-8H2,1H3,(H,16,17)(H,18,19). The molecule has 2 atom stereocenters. The van der Waals surface area contributed by atoms with Crippen molar-refractivity contribution in [2.24, 2.45) is 5.41 Å². The summed E-state index contributed by atoms with van der Waals surface area (Å²) in [7, 11) is 0. The summed E-state index contributed by atoms with van der Waals surface area (Å²) < 4.78 is 11.3. The maximum absolute atomic E-state index is 12.2. The number of hydrogen-bond acceptors (Lipinski definition) is 4. The SMILES string of the molecule is CC1Oc2ccccc2OC1C(=O)NCC1(C(=O)O)CC1. The average Bonchev–Trinajstić information content (AvgIpc) is 3.25. The number of para-hydroxylation sites is 2. The lowest BCUT2D eigenvalue weighted by molar-refractivity contribution is -0.143. The monoisotopic (exact) mass is 291 g/mol. The van der Waals surface area contributed by atoms with Gasteiger partial charge in [0.2, 0.25) is 6.10 Å². The van der Waals surface area contributed by atoms with Crippen molar-refractivity contribution >= 4 is 11.9 Å². The molecule has 1 saturated carbocycles. The Morgan fingerprint density at radius 1 is 1.29 bits per heavy atom. The summed E-state index contributed by atoms with van der Waals surface area (Å²) >= 11 is 0. The number of carboxylic acid groups (broad SMARTS) is 1. The highest BCUT2D eigenvalue weighted by Crippen LogP contribution is 2.45. The highest BCUT2D eigenvalue weighted by molar-refractivity contribution is 5.84. The summed E-state index contributed by atoms with van der Waals surface area (Å²) in [6.07, 6.45) is -0.00384. The van der Waals surface area contributed by atoms with Crippen LogP contribution in [0.2, 0.25) is 0 Å². The number of hydrogen-bond donors (Lipinski definition) is 2. The van der Waals surface area contributed by atoms with Crippen molar-refractivity contribution in [2.75, 3.05) is 6.54 Å². The summed E-state index contributed by atoms with van der Waals surface area (Å²) in [6, 6.07) is 7.15. The molecule has 1 heterocycles. The summed E-state index contributed by atoms with van der Waals surface area (Å²) in [5, 5.41) is 11.8. The summed E-state index contributed by atoms with van der Waals surface area (Å²) in [5.74, 6) is -0.0695. The van der Waals surface area contributed by atoms with E-state index in [4.69, 9.17) is 14.6 Å². The van der Waals surface area contributed by atoms with Crippen LogP contribution in [-0.4, -0.2) is 35.7 Å². The van der Waals surface area contributed by atoms with Crippen LogP contribution in [0.5, 0.6) is 11.5 Å². The van der Waals surface area contributed by atoms with Crippen LogP contribution in [0, 0.1) is 5.41 Å². The highest BCUT2D eigenvalue weighted by Gasteiger charge is 2.50. The number of fused-ring (bicyclic) bond motifs is 1. The van der Waals surface area contributed by atoms with Gasteiger partial charge < -0.3 is 19.9 Å². The Balaban J connectivity index is 1.64. The lowest BCUT2D eigenvalue weighted by Gasteiger charge is -2.31. The third-order valence-corrected chi connectivity index (χ3v) is 4.01. The van der Waals surface area contributed by atoms with E-state index >= 15 is 0 Å². The fraction of sp³-hybridized carbons (Fsp3) is 0.467. The molecular formula is C15H17NO5. The minimum absolute atomic E-state index is 0.134. The Kier molecular flexibility index (Phi) is 3.23. The molecular weight excluding hydrogens is 274 g/mol. The molecule has 0 bridgehead atoms. The number of aliphatic carboxylic acids is 1. The molecule has 0 aromatic heterocycles. The van der Waals surface area contributed by atoms with Crippen molar-refractivity contribution in [1.29, 1.82) is 0 Å². The van der Waals surface area contributed by atoms with E-state index in [1.54, 1.807) is 25.1 Å². The van der Waals surface area contributed by atoms with Gasteiger partial charge in [0.25, 0.3) is 5.91 Å². The fourth-order valence-electron chi connectivity index (χ4n) is 2.38. The van der Waals surface area contributed by atoms with Crippen LogP contribution >= 0.6 is 0 Å². The van der Waals surface area contributed by atoms with Gasteiger partial charge in [-0.3, -0.25) is 9.59 Å². The molecule has 6 nitrogen and oxygen atoms in total. The largest absolute Gasteiger partial charge is 0.482 e. The first-order valence-corrected chi connectivity index (χ1v) is 6.95. The zero-order valence-electron chi connectivity index (χ0n) is 11.7. The highest BCUT2D eigenvalue weighted by atomic mass is 16.6. The number of rotatable bonds is 4. The van der Waals surface area contributed by atoms with Gasteiger partial charge in [0, 0.05) is 6.54 Å². The minimum Gasteiger partial charge on any atom is -0.482 e. The number of ether oxygens (including phenoxy) is 2. The summed E-state index contributed by atoms with van der Waals surface area (Å²) in [6.45, 7) is 1.89. The van der Waals surface area contributed by atoms with E-state index in [1.807, 2.05) is 6.07 Å². The van der Waals surface area contributed by atoms with Crippen LogP contribution < -0.4 is 14.8 Å². The number of benzene rings is 1. The summed E-state index contributed by atoms with van der Waals surface area (Å²) in [5.41, 5.74) is -0.785. The molecule has 2 unspecified atom stereocenters. The van der Waals surface area contributed by atoms with E-state index in [0.717, 1.165) is 0 Å². The summed E-state index contributed by atoms with van der Waals surface area (Å²) in [4.78, 5) is 23.3. The first kappa shape index (κ1) is 13.7. The van der Waals surface area contributed by atoms with Crippen LogP contribution in [0.3, 0.4) is 0 Å². The molecule has 1 aromatic rings. The van der Waals surface area contributed by atoms with Crippen molar-refractivity contribution in [2.45, 2.75) is 32.0 Å².